The first-order valence-electron chi connectivity index (χ1n) is 11.9. The number of aryl methyl sites for hydroxylation is 1. The largest absolute Gasteiger partial charge is 0.383 e. The fourth-order valence-electron chi connectivity index (χ4n) is 3.62. The lowest BCUT2D eigenvalue weighted by atomic mass is 10.1. The van der Waals surface area contributed by atoms with Crippen LogP contribution in [0.3, 0.4) is 0 Å². The number of aromatic nitrogens is 1. The first-order valence-corrected chi connectivity index (χ1v) is 11.9. The van der Waals surface area contributed by atoms with Gasteiger partial charge in [-0.05, 0) is 54.3 Å². The second-order valence-corrected chi connectivity index (χ2v) is 8.37. The molecule has 3 aromatic rings. The van der Waals surface area contributed by atoms with Crippen LogP contribution in [0.25, 0.3) is 17.3 Å². The number of pyridine rings is 1. The smallest absolute Gasteiger partial charge is 0.246 e. The van der Waals surface area contributed by atoms with Crippen molar-refractivity contribution in [3.8, 4) is 11.3 Å². The van der Waals surface area contributed by atoms with Crippen molar-refractivity contribution in [3.05, 3.63) is 95.2 Å². The summed E-state index contributed by atoms with van der Waals surface area (Å²) in [6.45, 7) is 7.59. The lowest BCUT2D eigenvalue weighted by Crippen LogP contribution is -2.32. The van der Waals surface area contributed by atoms with Crippen LogP contribution in [0.2, 0.25) is 0 Å². The first kappa shape index (κ1) is 25.3. The van der Waals surface area contributed by atoms with Crippen LogP contribution in [-0.2, 0) is 22.6 Å². The van der Waals surface area contributed by atoms with Crippen molar-refractivity contribution in [2.45, 2.75) is 33.4 Å². The highest BCUT2D eigenvalue weighted by atomic mass is 16.5. The normalized spacial score (nSPS) is 11.1. The van der Waals surface area contributed by atoms with Crippen LogP contribution in [0.5, 0.6) is 0 Å². The molecule has 0 aliphatic rings. The fraction of sp³-hybridized carbons (Fsp3) is 0.310. The number of nitrogens with zero attached hydrogens (tertiary/aromatic N) is 2. The van der Waals surface area contributed by atoms with E-state index < -0.39 is 0 Å². The van der Waals surface area contributed by atoms with Gasteiger partial charge in [0, 0.05) is 44.6 Å². The number of hydrogen-bond donors (Lipinski definition) is 1. The van der Waals surface area contributed by atoms with E-state index in [9.17, 15) is 4.79 Å². The molecule has 0 radical (unpaired) electrons. The van der Waals surface area contributed by atoms with Crippen molar-refractivity contribution in [3.63, 3.8) is 0 Å². The molecule has 0 fully saturated rings. The Balaban J connectivity index is 1.65. The van der Waals surface area contributed by atoms with Gasteiger partial charge in [0.05, 0.1) is 12.3 Å². The predicted octanol–water partition coefficient (Wildman–Crippen LogP) is 5.25. The molecular weight excluding hydrogens is 422 g/mol. The number of ether oxygens (including phenoxy) is 1. The molecule has 5 nitrogen and oxygen atoms in total. The average Bonchev–Trinajstić information content (AvgIpc) is 2.87. The van der Waals surface area contributed by atoms with Crippen LogP contribution in [0.1, 0.15) is 35.6 Å². The van der Waals surface area contributed by atoms with Gasteiger partial charge in [0.2, 0.25) is 5.91 Å². The molecule has 0 saturated heterocycles. The van der Waals surface area contributed by atoms with E-state index in [4.69, 9.17) is 4.74 Å². The van der Waals surface area contributed by atoms with Crippen molar-refractivity contribution in [1.29, 1.82) is 0 Å². The van der Waals surface area contributed by atoms with Gasteiger partial charge >= 0.3 is 0 Å². The molecule has 1 amide bonds. The summed E-state index contributed by atoms with van der Waals surface area (Å²) >= 11 is 0. The van der Waals surface area contributed by atoms with Gasteiger partial charge < -0.3 is 15.0 Å². The molecular formula is C29H35N3O2. The van der Waals surface area contributed by atoms with E-state index in [1.807, 2.05) is 48.4 Å². The topological polar surface area (TPSA) is 54.5 Å². The minimum atomic E-state index is -0.0293. The average molecular weight is 458 g/mol. The second-order valence-electron chi connectivity index (χ2n) is 8.37. The molecule has 0 atom stereocenters. The van der Waals surface area contributed by atoms with Crippen LogP contribution in [0.4, 0.5) is 0 Å². The molecule has 0 aliphatic carbocycles. The Morgan fingerprint density at radius 1 is 1.06 bits per heavy atom. The van der Waals surface area contributed by atoms with Gasteiger partial charge in [-0.1, -0.05) is 61.5 Å². The summed E-state index contributed by atoms with van der Waals surface area (Å²) in [5, 5.41) is 3.39. The quantitative estimate of drug-likeness (QED) is 0.298. The molecule has 0 bridgehead atoms. The Morgan fingerprint density at radius 2 is 1.82 bits per heavy atom. The summed E-state index contributed by atoms with van der Waals surface area (Å²) in [6, 6.07) is 20.5. The Bertz CT molecular complexity index is 1060. The molecule has 1 N–H and O–H groups in total. The van der Waals surface area contributed by atoms with E-state index in [0.29, 0.717) is 19.7 Å². The summed E-state index contributed by atoms with van der Waals surface area (Å²) in [7, 11) is 1.65. The van der Waals surface area contributed by atoms with Crippen molar-refractivity contribution in [2.24, 2.45) is 0 Å². The van der Waals surface area contributed by atoms with Crippen LogP contribution in [-0.4, -0.2) is 42.6 Å². The van der Waals surface area contributed by atoms with Gasteiger partial charge in [-0.15, -0.1) is 0 Å². The Hall–Kier alpha value is -3.28. The maximum absolute atomic E-state index is 12.9. The second kappa shape index (κ2) is 13.4. The molecule has 0 aliphatic heterocycles. The Morgan fingerprint density at radius 3 is 2.50 bits per heavy atom. The van der Waals surface area contributed by atoms with Crippen molar-refractivity contribution >= 4 is 12.0 Å². The van der Waals surface area contributed by atoms with E-state index in [2.05, 4.69) is 53.6 Å². The monoisotopic (exact) mass is 457 g/mol. The molecule has 0 spiro atoms. The predicted molar refractivity (Wildman–Crippen MR) is 139 cm³/mol. The number of carbonyl (C=O) groups is 1. The molecule has 0 unspecified atom stereocenters. The summed E-state index contributed by atoms with van der Waals surface area (Å²) < 4.78 is 5.23. The standard InChI is InChI=1S/C29H35N3O2/c1-4-17-30-20-25-11-15-28(31-21-25)27-12-9-24(10-13-27)22-32(18-19-34-3)29(33)16-14-26-8-6-5-7-23(26)2/h5-16,21,30H,4,17-20,22H2,1-3H3/b16-14+. The van der Waals surface area contributed by atoms with Crippen LogP contribution < -0.4 is 5.32 Å². The number of methoxy groups -OCH3 is 1. The van der Waals surface area contributed by atoms with Crippen LogP contribution in [0, 0.1) is 6.92 Å². The molecule has 34 heavy (non-hydrogen) atoms. The number of carbonyl (C=O) groups excluding carboxylic acids is 1. The lowest BCUT2D eigenvalue weighted by Gasteiger charge is -2.21. The number of amides is 1. The van der Waals surface area contributed by atoms with Gasteiger partial charge in [0.1, 0.15) is 0 Å². The minimum Gasteiger partial charge on any atom is -0.383 e. The highest BCUT2D eigenvalue weighted by molar-refractivity contribution is 5.92. The third kappa shape index (κ3) is 7.65. The summed E-state index contributed by atoms with van der Waals surface area (Å²) in [5.74, 6) is -0.0293. The number of hydrogen-bond acceptors (Lipinski definition) is 4. The zero-order valence-electron chi connectivity index (χ0n) is 20.5. The van der Waals surface area contributed by atoms with E-state index in [-0.39, 0.29) is 5.91 Å². The van der Waals surface area contributed by atoms with E-state index in [1.54, 1.807) is 13.2 Å². The van der Waals surface area contributed by atoms with Crippen LogP contribution >= 0.6 is 0 Å². The third-order valence-electron chi connectivity index (χ3n) is 5.67. The summed E-state index contributed by atoms with van der Waals surface area (Å²) in [6.07, 6.45) is 6.58. The van der Waals surface area contributed by atoms with Crippen LogP contribution in [0.15, 0.2) is 72.9 Å². The third-order valence-corrected chi connectivity index (χ3v) is 5.67. The molecule has 1 heterocycles. The number of nitrogens with one attached hydrogen (secondary N) is 1. The SMILES string of the molecule is CCCNCc1ccc(-c2ccc(CN(CCOC)C(=O)/C=C/c3ccccc3C)cc2)nc1. The minimum absolute atomic E-state index is 0.0293. The highest BCUT2D eigenvalue weighted by Gasteiger charge is 2.12. The van der Waals surface area contributed by atoms with Gasteiger partial charge in [-0.2, -0.15) is 0 Å². The van der Waals surface area contributed by atoms with Gasteiger partial charge in [-0.25, -0.2) is 0 Å². The van der Waals surface area contributed by atoms with Crippen molar-refractivity contribution in [1.82, 2.24) is 15.2 Å². The van der Waals surface area contributed by atoms with Gasteiger partial charge in [-0.3, -0.25) is 9.78 Å². The van der Waals surface area contributed by atoms with E-state index in [1.165, 1.54) is 5.56 Å². The summed E-state index contributed by atoms with van der Waals surface area (Å²) in [4.78, 5) is 19.3. The van der Waals surface area contributed by atoms with E-state index in [0.717, 1.165) is 47.5 Å². The molecule has 0 saturated carbocycles. The molecule has 3 rings (SSSR count). The fourth-order valence-corrected chi connectivity index (χ4v) is 3.62. The molecule has 178 valence electrons. The molecule has 2 aromatic carbocycles. The number of rotatable bonds is 12. The highest BCUT2D eigenvalue weighted by Crippen LogP contribution is 2.19. The van der Waals surface area contributed by atoms with Gasteiger partial charge in [0.25, 0.3) is 0 Å². The zero-order chi connectivity index (χ0) is 24.2. The first-order chi connectivity index (χ1) is 16.6. The van der Waals surface area contributed by atoms with Crippen molar-refractivity contribution in [2.75, 3.05) is 26.8 Å². The number of benzene rings is 2. The summed E-state index contributed by atoms with van der Waals surface area (Å²) in [5.41, 5.74) is 6.44. The molecule has 5 heteroatoms. The zero-order valence-corrected chi connectivity index (χ0v) is 20.5. The van der Waals surface area contributed by atoms with Crippen molar-refractivity contribution < 1.29 is 9.53 Å². The Labute approximate surface area is 203 Å². The maximum Gasteiger partial charge on any atom is 0.246 e. The lowest BCUT2D eigenvalue weighted by molar-refractivity contribution is -0.127. The van der Waals surface area contributed by atoms with E-state index >= 15 is 0 Å². The Kier molecular flexibility index (Phi) is 10.0. The van der Waals surface area contributed by atoms with Gasteiger partial charge in [0.15, 0.2) is 0 Å². The molecule has 1 aromatic heterocycles. The maximum atomic E-state index is 12.9.